The number of hydrogen-bond acceptors (Lipinski definition) is 3. The summed E-state index contributed by atoms with van der Waals surface area (Å²) in [7, 11) is 0. The molecule has 0 aromatic rings. The molecule has 1 saturated heterocycles. The monoisotopic (exact) mass is 481 g/mol. The summed E-state index contributed by atoms with van der Waals surface area (Å²) in [5.74, 6) is 1.70. The third-order valence-electron chi connectivity index (χ3n) is 5.29. The first-order valence-corrected chi connectivity index (χ1v) is 10.6. The summed E-state index contributed by atoms with van der Waals surface area (Å²) in [4.78, 5) is 9.93. The van der Waals surface area contributed by atoms with Crippen LogP contribution in [0, 0.1) is 5.92 Å². The summed E-state index contributed by atoms with van der Waals surface area (Å²) in [6.07, 6.45) is 5.07. The van der Waals surface area contributed by atoms with Crippen molar-refractivity contribution in [2.45, 2.75) is 66.3 Å². The second-order valence-electron chi connectivity index (χ2n) is 7.34. The zero-order valence-corrected chi connectivity index (χ0v) is 20.2. The molecular formula is C20H44IN5. The molecule has 0 spiro atoms. The number of guanidine groups is 1. The van der Waals surface area contributed by atoms with Crippen molar-refractivity contribution < 1.29 is 0 Å². The van der Waals surface area contributed by atoms with Gasteiger partial charge in [0, 0.05) is 25.7 Å². The van der Waals surface area contributed by atoms with E-state index in [1.807, 2.05) is 0 Å². The molecule has 2 unspecified atom stereocenters. The molecule has 2 N–H and O–H groups in total. The molecule has 0 aliphatic carbocycles. The molecule has 0 aromatic heterocycles. The molecule has 0 amide bonds. The molecule has 0 radical (unpaired) electrons. The van der Waals surface area contributed by atoms with Crippen LogP contribution in [0.15, 0.2) is 4.99 Å². The number of aliphatic imine (C=N–C) groups is 1. The van der Waals surface area contributed by atoms with Crippen LogP contribution < -0.4 is 10.6 Å². The predicted molar refractivity (Wildman–Crippen MR) is 126 cm³/mol. The smallest absolute Gasteiger partial charge is 0.191 e. The van der Waals surface area contributed by atoms with Gasteiger partial charge < -0.3 is 20.4 Å². The zero-order chi connectivity index (χ0) is 18.5. The van der Waals surface area contributed by atoms with Gasteiger partial charge in [-0.1, -0.05) is 20.8 Å². The molecule has 1 aliphatic rings. The molecule has 1 fully saturated rings. The van der Waals surface area contributed by atoms with Gasteiger partial charge in [-0.15, -0.1) is 24.0 Å². The Hall–Kier alpha value is -0.0800. The van der Waals surface area contributed by atoms with Crippen molar-refractivity contribution in [3.05, 3.63) is 0 Å². The minimum atomic E-state index is 0. The van der Waals surface area contributed by atoms with E-state index in [1.165, 1.54) is 51.9 Å². The fourth-order valence-corrected chi connectivity index (χ4v) is 3.59. The number of nitrogens with one attached hydrogen (secondary N) is 2. The van der Waals surface area contributed by atoms with Gasteiger partial charge in [0.25, 0.3) is 0 Å². The van der Waals surface area contributed by atoms with E-state index < -0.39 is 0 Å². The van der Waals surface area contributed by atoms with Gasteiger partial charge in [-0.3, -0.25) is 4.99 Å². The van der Waals surface area contributed by atoms with Crippen LogP contribution in [0.1, 0.15) is 60.3 Å². The first-order valence-electron chi connectivity index (χ1n) is 10.6. The Morgan fingerprint density at radius 1 is 1.23 bits per heavy atom. The lowest BCUT2D eigenvalue weighted by Crippen LogP contribution is -2.43. The summed E-state index contributed by atoms with van der Waals surface area (Å²) in [6.45, 7) is 20.2. The fourth-order valence-electron chi connectivity index (χ4n) is 3.59. The van der Waals surface area contributed by atoms with E-state index >= 15 is 0 Å². The Labute approximate surface area is 179 Å². The van der Waals surface area contributed by atoms with Crippen molar-refractivity contribution >= 4 is 29.9 Å². The van der Waals surface area contributed by atoms with Crippen LogP contribution in [-0.2, 0) is 0 Å². The van der Waals surface area contributed by atoms with Gasteiger partial charge in [0.05, 0.1) is 0 Å². The lowest BCUT2D eigenvalue weighted by molar-refractivity contribution is 0.186. The minimum Gasteiger partial charge on any atom is -0.357 e. The molecule has 26 heavy (non-hydrogen) atoms. The van der Waals surface area contributed by atoms with Crippen molar-refractivity contribution in [2.75, 3.05) is 52.4 Å². The molecule has 5 nitrogen and oxygen atoms in total. The molecule has 0 bridgehead atoms. The van der Waals surface area contributed by atoms with Crippen molar-refractivity contribution in [2.24, 2.45) is 10.9 Å². The van der Waals surface area contributed by atoms with Crippen LogP contribution in [0.3, 0.4) is 0 Å². The number of halogens is 1. The van der Waals surface area contributed by atoms with Crippen LogP contribution >= 0.6 is 24.0 Å². The lowest BCUT2D eigenvalue weighted by atomic mass is 9.98. The molecule has 1 heterocycles. The first-order chi connectivity index (χ1) is 12.1. The second kappa shape index (κ2) is 15.9. The zero-order valence-electron chi connectivity index (χ0n) is 17.9. The number of piperidine rings is 1. The van der Waals surface area contributed by atoms with Crippen LogP contribution in [0.4, 0.5) is 0 Å². The summed E-state index contributed by atoms with van der Waals surface area (Å²) in [5.41, 5.74) is 0. The van der Waals surface area contributed by atoms with Gasteiger partial charge in [0.15, 0.2) is 5.96 Å². The van der Waals surface area contributed by atoms with Crippen molar-refractivity contribution in [3.8, 4) is 0 Å². The second-order valence-corrected chi connectivity index (χ2v) is 7.34. The van der Waals surface area contributed by atoms with E-state index in [4.69, 9.17) is 4.99 Å². The van der Waals surface area contributed by atoms with Crippen molar-refractivity contribution in [3.63, 3.8) is 0 Å². The number of nitrogens with zero attached hydrogens (tertiary/aromatic N) is 3. The highest BCUT2D eigenvalue weighted by atomic mass is 127. The molecule has 6 heteroatoms. The highest BCUT2D eigenvalue weighted by molar-refractivity contribution is 14.0. The Morgan fingerprint density at radius 2 is 1.96 bits per heavy atom. The Balaban J connectivity index is 0.00000625. The number of rotatable bonds is 11. The summed E-state index contributed by atoms with van der Waals surface area (Å²) in [6, 6.07) is 0.465. The summed E-state index contributed by atoms with van der Waals surface area (Å²) < 4.78 is 0. The average molecular weight is 482 g/mol. The van der Waals surface area contributed by atoms with Crippen LogP contribution in [-0.4, -0.2) is 74.2 Å². The highest BCUT2D eigenvalue weighted by Gasteiger charge is 2.18. The molecule has 1 aliphatic heterocycles. The van der Waals surface area contributed by atoms with E-state index in [2.05, 4.69) is 55.1 Å². The van der Waals surface area contributed by atoms with Crippen LogP contribution in [0.2, 0.25) is 0 Å². The molecule has 0 saturated carbocycles. The first kappa shape index (κ1) is 25.9. The number of likely N-dealkylation sites (tertiary alicyclic amines) is 1. The maximum atomic E-state index is 4.88. The molecule has 0 aromatic carbocycles. The topological polar surface area (TPSA) is 42.9 Å². The predicted octanol–water partition coefficient (Wildman–Crippen LogP) is 3.40. The van der Waals surface area contributed by atoms with Gasteiger partial charge >= 0.3 is 0 Å². The Morgan fingerprint density at radius 3 is 2.58 bits per heavy atom. The fraction of sp³-hybridized carbons (Fsp3) is 0.950. The number of hydrogen-bond donors (Lipinski definition) is 2. The molecule has 2 atom stereocenters. The largest absolute Gasteiger partial charge is 0.357 e. The van der Waals surface area contributed by atoms with Gasteiger partial charge in [0.1, 0.15) is 0 Å². The van der Waals surface area contributed by atoms with E-state index in [-0.39, 0.29) is 24.0 Å². The standard InChI is InChI=1S/C20H43N5.HI/c1-6-21-20(22-16-19-13-11-15-25(9-4)17-19)23-18(5)12-10-14-24(7-2)8-3;/h18-19H,6-17H2,1-5H3,(H2,21,22,23);1H. The molecule has 156 valence electrons. The Bertz CT molecular complexity index is 360. The van der Waals surface area contributed by atoms with Crippen LogP contribution in [0.5, 0.6) is 0 Å². The van der Waals surface area contributed by atoms with Crippen molar-refractivity contribution in [1.29, 1.82) is 0 Å². The lowest BCUT2D eigenvalue weighted by Gasteiger charge is -2.31. The normalized spacial score (nSPS) is 19.9. The van der Waals surface area contributed by atoms with Gasteiger partial charge in [0.2, 0.25) is 0 Å². The minimum absolute atomic E-state index is 0. The van der Waals surface area contributed by atoms with Crippen LogP contribution in [0.25, 0.3) is 0 Å². The highest BCUT2D eigenvalue weighted by Crippen LogP contribution is 2.16. The van der Waals surface area contributed by atoms with E-state index in [9.17, 15) is 0 Å². The van der Waals surface area contributed by atoms with E-state index in [0.717, 1.165) is 32.1 Å². The molecule has 1 rings (SSSR count). The SMILES string of the molecule is CCNC(=NCC1CCCN(CC)C1)NC(C)CCCN(CC)CC.I. The summed E-state index contributed by atoms with van der Waals surface area (Å²) in [5, 5.41) is 7.01. The third kappa shape index (κ3) is 10.9. The maximum Gasteiger partial charge on any atom is 0.191 e. The van der Waals surface area contributed by atoms with Gasteiger partial charge in [-0.25, -0.2) is 0 Å². The van der Waals surface area contributed by atoms with E-state index in [0.29, 0.717) is 12.0 Å². The Kier molecular flexibility index (Phi) is 15.9. The third-order valence-corrected chi connectivity index (χ3v) is 5.29. The maximum absolute atomic E-state index is 4.88. The van der Waals surface area contributed by atoms with E-state index in [1.54, 1.807) is 0 Å². The van der Waals surface area contributed by atoms with Gasteiger partial charge in [-0.05, 0) is 78.2 Å². The average Bonchev–Trinajstić information content (AvgIpc) is 2.63. The molecular weight excluding hydrogens is 437 g/mol. The van der Waals surface area contributed by atoms with Crippen molar-refractivity contribution in [1.82, 2.24) is 20.4 Å². The quantitative estimate of drug-likeness (QED) is 0.270. The van der Waals surface area contributed by atoms with Gasteiger partial charge in [-0.2, -0.15) is 0 Å². The summed E-state index contributed by atoms with van der Waals surface area (Å²) >= 11 is 0.